The van der Waals surface area contributed by atoms with Crippen molar-refractivity contribution in [2.45, 2.75) is 48.8 Å². The number of carboxylic acid groups (broad SMARTS) is 1. The highest BCUT2D eigenvalue weighted by Crippen LogP contribution is 2.42. The number of hydrogen-bond acceptors (Lipinski definition) is 6. The van der Waals surface area contributed by atoms with Crippen LogP contribution >= 0.6 is 0 Å². The third kappa shape index (κ3) is 6.13. The van der Waals surface area contributed by atoms with E-state index in [9.17, 15) is 26.4 Å². The first-order valence-corrected chi connectivity index (χ1v) is 15.0. The number of aliphatic carboxylic acids is 1. The molecule has 0 amide bonds. The molecule has 2 aliphatic rings. The van der Waals surface area contributed by atoms with Crippen molar-refractivity contribution in [2.24, 2.45) is 0 Å². The minimum atomic E-state index is -4.72. The Kier molecular flexibility index (Phi) is 8.27. The first-order valence-electron chi connectivity index (χ1n) is 13.6. The Balaban J connectivity index is 1.51. The van der Waals surface area contributed by atoms with Crippen LogP contribution in [0.2, 0.25) is 0 Å². The van der Waals surface area contributed by atoms with Crippen LogP contribution in [0.15, 0.2) is 71.6 Å². The number of benzene rings is 3. The fourth-order valence-electron chi connectivity index (χ4n) is 5.56. The van der Waals surface area contributed by atoms with Crippen molar-refractivity contribution in [3.63, 3.8) is 0 Å². The number of fused-ring (bicyclic) bond motifs is 1. The summed E-state index contributed by atoms with van der Waals surface area (Å²) in [5.41, 5.74) is 0.962. The highest BCUT2D eigenvalue weighted by atomic mass is 32.2. The highest BCUT2D eigenvalue weighted by Gasteiger charge is 2.38. The number of carboxylic acids is 1. The largest absolute Gasteiger partial charge is 0.495 e. The standard InChI is InChI=1S/C30H31F3N2O6S/c1-40-27-10-3-2-9-25(27)34-15-5-6-21(18-34)20-11-13-28-26(16-20)35(19-23(41-28)12-14-29(36)37)42(38,39)24-8-4-7-22(17-24)30(31,32)33/h2-4,7-11,13,16-17,21,23H,5-6,12,14-15,18-19H2,1H3,(H,36,37)/t21?,23-/m0/s1. The van der Waals surface area contributed by atoms with Crippen molar-refractivity contribution < 1.29 is 41.0 Å². The van der Waals surface area contributed by atoms with Gasteiger partial charge >= 0.3 is 12.1 Å². The highest BCUT2D eigenvalue weighted by molar-refractivity contribution is 7.92. The quantitative estimate of drug-likeness (QED) is 0.341. The molecule has 0 saturated carbocycles. The molecule has 42 heavy (non-hydrogen) atoms. The minimum absolute atomic E-state index is 0.0294. The van der Waals surface area contributed by atoms with Crippen molar-refractivity contribution in [3.8, 4) is 11.5 Å². The van der Waals surface area contributed by atoms with Gasteiger partial charge in [-0.25, -0.2) is 8.42 Å². The molecule has 0 bridgehead atoms. The molecule has 1 N–H and O–H groups in total. The third-order valence-corrected chi connectivity index (χ3v) is 9.44. The molecule has 2 atom stereocenters. The van der Waals surface area contributed by atoms with Gasteiger partial charge in [0.05, 0.1) is 35.5 Å². The number of carbonyl (C=O) groups is 1. The van der Waals surface area contributed by atoms with Gasteiger partial charge in [0.1, 0.15) is 17.6 Å². The van der Waals surface area contributed by atoms with E-state index in [4.69, 9.17) is 14.6 Å². The molecular formula is C30H31F3N2O6S. The van der Waals surface area contributed by atoms with Crippen molar-refractivity contribution in [2.75, 3.05) is 35.9 Å². The van der Waals surface area contributed by atoms with Gasteiger partial charge in [0.2, 0.25) is 0 Å². The van der Waals surface area contributed by atoms with E-state index < -0.39 is 38.7 Å². The molecule has 0 aliphatic carbocycles. The summed E-state index contributed by atoms with van der Waals surface area (Å²) >= 11 is 0. The monoisotopic (exact) mass is 604 g/mol. The Bertz CT molecular complexity index is 1560. The molecule has 2 aliphatic heterocycles. The number of ether oxygens (including phenoxy) is 2. The molecule has 8 nitrogen and oxygen atoms in total. The second-order valence-electron chi connectivity index (χ2n) is 10.4. The van der Waals surface area contributed by atoms with Crippen molar-refractivity contribution in [3.05, 3.63) is 77.9 Å². The van der Waals surface area contributed by atoms with Crippen LogP contribution in [0.25, 0.3) is 0 Å². The first kappa shape index (κ1) is 29.6. The predicted molar refractivity (Wildman–Crippen MR) is 151 cm³/mol. The maximum atomic E-state index is 13.9. The van der Waals surface area contributed by atoms with Gasteiger partial charge in [-0.05, 0) is 67.3 Å². The summed E-state index contributed by atoms with van der Waals surface area (Å²) in [4.78, 5) is 12.9. The van der Waals surface area contributed by atoms with Gasteiger partial charge in [0.15, 0.2) is 0 Å². The molecule has 2 heterocycles. The maximum Gasteiger partial charge on any atom is 0.416 e. The van der Waals surface area contributed by atoms with Crippen LogP contribution in [0, 0.1) is 0 Å². The lowest BCUT2D eigenvalue weighted by Crippen LogP contribution is -2.44. The second kappa shape index (κ2) is 11.7. The van der Waals surface area contributed by atoms with E-state index in [0.29, 0.717) is 12.6 Å². The maximum absolute atomic E-state index is 13.9. The number of rotatable bonds is 8. The van der Waals surface area contributed by atoms with Crippen LogP contribution in [0.3, 0.4) is 0 Å². The van der Waals surface area contributed by atoms with Crippen molar-refractivity contribution in [1.82, 2.24) is 0 Å². The van der Waals surface area contributed by atoms with E-state index >= 15 is 0 Å². The Hall–Kier alpha value is -3.93. The Labute approximate surface area is 242 Å². The summed E-state index contributed by atoms with van der Waals surface area (Å²) in [6.45, 7) is 1.24. The van der Waals surface area contributed by atoms with Gasteiger partial charge in [-0.1, -0.05) is 24.3 Å². The normalized spacial score (nSPS) is 19.1. The number of methoxy groups -OCH3 is 1. The number of anilines is 2. The summed E-state index contributed by atoms with van der Waals surface area (Å²) in [7, 11) is -2.84. The number of piperidine rings is 1. The molecule has 3 aromatic rings. The predicted octanol–water partition coefficient (Wildman–Crippen LogP) is 5.92. The van der Waals surface area contributed by atoms with Gasteiger partial charge in [0.25, 0.3) is 10.0 Å². The molecule has 12 heteroatoms. The zero-order valence-electron chi connectivity index (χ0n) is 22.9. The van der Waals surface area contributed by atoms with E-state index in [1.54, 1.807) is 19.2 Å². The van der Waals surface area contributed by atoms with E-state index in [2.05, 4.69) is 4.90 Å². The topological polar surface area (TPSA) is 96.4 Å². The lowest BCUT2D eigenvalue weighted by atomic mass is 9.89. The molecule has 5 rings (SSSR count). The molecule has 0 aromatic heterocycles. The van der Waals surface area contributed by atoms with E-state index in [1.165, 1.54) is 0 Å². The Morgan fingerprint density at radius 2 is 1.83 bits per heavy atom. The number of alkyl halides is 3. The van der Waals surface area contributed by atoms with Crippen molar-refractivity contribution in [1.29, 1.82) is 0 Å². The van der Waals surface area contributed by atoms with Crippen LogP contribution in [-0.4, -0.2) is 52.3 Å². The molecular weight excluding hydrogens is 573 g/mol. The Morgan fingerprint density at radius 3 is 2.57 bits per heavy atom. The third-order valence-electron chi connectivity index (χ3n) is 7.66. The summed E-state index contributed by atoms with van der Waals surface area (Å²) in [5, 5.41) is 9.16. The van der Waals surface area contributed by atoms with Crippen LogP contribution < -0.4 is 18.7 Å². The van der Waals surface area contributed by atoms with Gasteiger partial charge in [-0.3, -0.25) is 9.10 Å². The van der Waals surface area contributed by atoms with Gasteiger partial charge in [-0.15, -0.1) is 0 Å². The first-order chi connectivity index (χ1) is 20.0. The lowest BCUT2D eigenvalue weighted by molar-refractivity contribution is -0.138. The molecule has 1 fully saturated rings. The SMILES string of the molecule is COc1ccccc1N1CCCC(c2ccc3c(c2)N(S(=O)(=O)c2cccc(C(F)(F)F)c2)C[C@H](CCC(=O)O)O3)C1. The number of sulfonamides is 1. The lowest BCUT2D eigenvalue weighted by Gasteiger charge is -2.38. The zero-order valence-corrected chi connectivity index (χ0v) is 23.7. The van der Waals surface area contributed by atoms with E-state index in [-0.39, 0.29) is 36.7 Å². The average molecular weight is 605 g/mol. The number of para-hydroxylation sites is 2. The molecule has 1 saturated heterocycles. The summed E-state index contributed by atoms with van der Waals surface area (Å²) in [6.07, 6.45) is -4.00. The fraction of sp³-hybridized carbons (Fsp3) is 0.367. The van der Waals surface area contributed by atoms with Crippen LogP contribution in [-0.2, 0) is 21.0 Å². The molecule has 1 unspecified atom stereocenters. The van der Waals surface area contributed by atoms with Gasteiger partial charge in [0, 0.05) is 25.4 Å². The van der Waals surface area contributed by atoms with Crippen LogP contribution in [0.4, 0.5) is 24.5 Å². The van der Waals surface area contributed by atoms with Crippen molar-refractivity contribution >= 4 is 27.4 Å². The number of halogens is 3. The Morgan fingerprint density at radius 1 is 1.05 bits per heavy atom. The minimum Gasteiger partial charge on any atom is -0.495 e. The summed E-state index contributed by atoms with van der Waals surface area (Å²) in [5.74, 6) is -0.0446. The smallest absolute Gasteiger partial charge is 0.416 e. The second-order valence-corrected chi connectivity index (χ2v) is 12.3. The molecule has 224 valence electrons. The molecule has 0 spiro atoms. The van der Waals surface area contributed by atoms with Gasteiger partial charge < -0.3 is 19.5 Å². The molecule has 0 radical (unpaired) electrons. The van der Waals surface area contributed by atoms with Gasteiger partial charge in [-0.2, -0.15) is 13.2 Å². The van der Waals surface area contributed by atoms with Crippen LogP contribution in [0.1, 0.15) is 42.7 Å². The average Bonchev–Trinajstić information content (AvgIpc) is 2.99. The number of nitrogens with zero attached hydrogens (tertiary/aromatic N) is 2. The summed E-state index contributed by atoms with van der Waals surface area (Å²) in [6, 6.07) is 16.6. The van der Waals surface area contributed by atoms with E-state index in [0.717, 1.165) is 58.9 Å². The number of hydrogen-bond donors (Lipinski definition) is 1. The van der Waals surface area contributed by atoms with Crippen LogP contribution in [0.5, 0.6) is 11.5 Å². The zero-order chi connectivity index (χ0) is 30.1. The summed E-state index contributed by atoms with van der Waals surface area (Å²) < 4.78 is 80.7. The molecule has 3 aromatic carbocycles. The fourth-order valence-corrected chi connectivity index (χ4v) is 7.11. The van der Waals surface area contributed by atoms with E-state index in [1.807, 2.05) is 30.3 Å².